The molecule has 0 radical (unpaired) electrons. The van der Waals surface area contributed by atoms with Gasteiger partial charge in [-0.25, -0.2) is 8.78 Å². The van der Waals surface area contributed by atoms with Gasteiger partial charge in [0, 0.05) is 11.1 Å². The average Bonchev–Trinajstić information content (AvgIpc) is 2.65. The zero-order valence-electron chi connectivity index (χ0n) is 15.4. The number of halogens is 2. The van der Waals surface area contributed by atoms with Crippen LogP contribution in [0.15, 0.2) is 61.2 Å². The third-order valence-corrected chi connectivity index (χ3v) is 4.98. The molecule has 2 heteroatoms. The molecule has 1 aliphatic carbocycles. The van der Waals surface area contributed by atoms with E-state index in [1.165, 1.54) is 24.6 Å². The molecule has 26 heavy (non-hydrogen) atoms. The highest BCUT2D eigenvalue weighted by atomic mass is 19.1. The van der Waals surface area contributed by atoms with Crippen LogP contribution < -0.4 is 0 Å². The molecule has 2 aromatic rings. The molecule has 1 unspecified atom stereocenters. The van der Waals surface area contributed by atoms with Crippen molar-refractivity contribution >= 4 is 5.57 Å². The highest BCUT2D eigenvalue weighted by molar-refractivity contribution is 5.78. The van der Waals surface area contributed by atoms with E-state index in [1.807, 2.05) is 18.2 Å². The maximum atomic E-state index is 14.7. The maximum absolute atomic E-state index is 14.7. The summed E-state index contributed by atoms with van der Waals surface area (Å²) in [5, 5.41) is 0. The molecule has 1 aliphatic rings. The van der Waals surface area contributed by atoms with Gasteiger partial charge < -0.3 is 0 Å². The molecular formula is C24H24F2. The Balaban J connectivity index is 2.07. The Morgan fingerprint density at radius 2 is 1.92 bits per heavy atom. The minimum atomic E-state index is -0.512. The molecule has 0 saturated heterocycles. The van der Waals surface area contributed by atoms with Crippen molar-refractivity contribution in [1.82, 2.24) is 0 Å². The molecule has 2 aromatic carbocycles. The highest BCUT2D eigenvalue weighted by Crippen LogP contribution is 2.33. The van der Waals surface area contributed by atoms with Crippen LogP contribution in [0.5, 0.6) is 0 Å². The Morgan fingerprint density at radius 1 is 1.15 bits per heavy atom. The second kappa shape index (κ2) is 7.82. The average molecular weight is 350 g/mol. The molecule has 0 spiro atoms. The van der Waals surface area contributed by atoms with Crippen LogP contribution >= 0.6 is 0 Å². The van der Waals surface area contributed by atoms with Gasteiger partial charge >= 0.3 is 0 Å². The molecule has 0 aliphatic heterocycles. The van der Waals surface area contributed by atoms with Crippen LogP contribution in [0.1, 0.15) is 36.5 Å². The van der Waals surface area contributed by atoms with Gasteiger partial charge in [-0.2, -0.15) is 0 Å². The minimum Gasteiger partial charge on any atom is -0.207 e. The number of hydrogen-bond donors (Lipinski definition) is 0. The topological polar surface area (TPSA) is 0 Å². The van der Waals surface area contributed by atoms with Crippen molar-refractivity contribution in [2.24, 2.45) is 5.92 Å². The third-order valence-electron chi connectivity index (χ3n) is 4.98. The van der Waals surface area contributed by atoms with E-state index in [9.17, 15) is 8.78 Å². The van der Waals surface area contributed by atoms with Crippen LogP contribution in [0.4, 0.5) is 8.78 Å². The van der Waals surface area contributed by atoms with E-state index in [-0.39, 0.29) is 5.56 Å². The summed E-state index contributed by atoms with van der Waals surface area (Å²) >= 11 is 0. The standard InChI is InChI=1S/C24H24F2/c1-4-5-6-20-15-19(18-9-7-16(2)8-10-18)11-12-21(20)22-13-14-23(25)17(3)24(22)26/h4,7,9-16H,1,5-6,8H2,2-3H3. The van der Waals surface area contributed by atoms with Crippen LogP contribution in [0.25, 0.3) is 16.7 Å². The number of benzene rings is 2. The lowest BCUT2D eigenvalue weighted by atomic mass is 9.89. The largest absolute Gasteiger partial charge is 0.207 e. The summed E-state index contributed by atoms with van der Waals surface area (Å²) in [4.78, 5) is 0. The van der Waals surface area contributed by atoms with Gasteiger partial charge in [-0.15, -0.1) is 6.58 Å². The molecule has 0 heterocycles. The Morgan fingerprint density at radius 3 is 2.62 bits per heavy atom. The molecule has 0 nitrogen and oxygen atoms in total. The van der Waals surface area contributed by atoms with Crippen LogP contribution in [-0.2, 0) is 6.42 Å². The smallest absolute Gasteiger partial charge is 0.136 e. The molecule has 0 saturated carbocycles. The maximum Gasteiger partial charge on any atom is 0.136 e. The minimum absolute atomic E-state index is 0.0631. The monoisotopic (exact) mass is 350 g/mol. The Labute approximate surface area is 154 Å². The number of hydrogen-bond acceptors (Lipinski definition) is 0. The SMILES string of the molecule is C=CCCc1cc(C2=CCC(C)C=C2)ccc1-c1ccc(F)c(C)c1F. The molecule has 0 fully saturated rings. The second-order valence-corrected chi connectivity index (χ2v) is 6.96. The normalized spacial score (nSPS) is 16.5. The van der Waals surface area contributed by atoms with E-state index < -0.39 is 11.6 Å². The highest BCUT2D eigenvalue weighted by Gasteiger charge is 2.15. The predicted molar refractivity (Wildman–Crippen MR) is 106 cm³/mol. The van der Waals surface area contributed by atoms with Crippen LogP contribution in [0.3, 0.4) is 0 Å². The molecule has 0 bridgehead atoms. The van der Waals surface area contributed by atoms with Crippen molar-refractivity contribution in [3.63, 3.8) is 0 Å². The van der Waals surface area contributed by atoms with Crippen molar-refractivity contribution in [1.29, 1.82) is 0 Å². The molecule has 3 rings (SSSR count). The fourth-order valence-corrected chi connectivity index (χ4v) is 3.31. The number of rotatable bonds is 5. The quantitative estimate of drug-likeness (QED) is 0.507. The first-order chi connectivity index (χ1) is 12.5. The van der Waals surface area contributed by atoms with Crippen molar-refractivity contribution in [2.45, 2.75) is 33.1 Å². The molecule has 0 N–H and O–H groups in total. The van der Waals surface area contributed by atoms with Gasteiger partial charge in [0.25, 0.3) is 0 Å². The summed E-state index contributed by atoms with van der Waals surface area (Å²) in [5.74, 6) is -0.431. The van der Waals surface area contributed by atoms with E-state index >= 15 is 0 Å². The van der Waals surface area contributed by atoms with E-state index in [0.717, 1.165) is 36.0 Å². The molecule has 0 aromatic heterocycles. The number of allylic oxidation sites excluding steroid dienone is 5. The lowest BCUT2D eigenvalue weighted by molar-refractivity contribution is 0.570. The van der Waals surface area contributed by atoms with E-state index in [4.69, 9.17) is 0 Å². The fourth-order valence-electron chi connectivity index (χ4n) is 3.31. The predicted octanol–water partition coefficient (Wildman–Crippen LogP) is 7.04. The van der Waals surface area contributed by atoms with Crippen molar-refractivity contribution < 1.29 is 8.78 Å². The second-order valence-electron chi connectivity index (χ2n) is 6.96. The molecular weight excluding hydrogens is 326 g/mol. The van der Waals surface area contributed by atoms with Gasteiger partial charge in [-0.1, -0.05) is 49.4 Å². The van der Waals surface area contributed by atoms with Gasteiger partial charge in [-0.3, -0.25) is 0 Å². The fraction of sp³-hybridized carbons (Fsp3) is 0.250. The first kappa shape index (κ1) is 18.3. The Kier molecular flexibility index (Phi) is 5.51. The molecule has 134 valence electrons. The Hall–Kier alpha value is -2.48. The summed E-state index contributed by atoms with van der Waals surface area (Å²) < 4.78 is 28.3. The summed E-state index contributed by atoms with van der Waals surface area (Å²) in [6, 6.07) is 8.98. The van der Waals surface area contributed by atoms with Gasteiger partial charge in [0.15, 0.2) is 0 Å². The van der Waals surface area contributed by atoms with Gasteiger partial charge in [0.1, 0.15) is 11.6 Å². The van der Waals surface area contributed by atoms with Crippen LogP contribution in [0.2, 0.25) is 0 Å². The summed E-state index contributed by atoms with van der Waals surface area (Å²) in [7, 11) is 0. The van der Waals surface area contributed by atoms with E-state index in [0.29, 0.717) is 11.5 Å². The van der Waals surface area contributed by atoms with Crippen molar-refractivity contribution in [3.8, 4) is 11.1 Å². The van der Waals surface area contributed by atoms with E-state index in [2.05, 4.69) is 37.8 Å². The zero-order valence-corrected chi connectivity index (χ0v) is 15.4. The first-order valence-corrected chi connectivity index (χ1v) is 9.08. The third kappa shape index (κ3) is 3.70. The molecule has 0 amide bonds. The van der Waals surface area contributed by atoms with Gasteiger partial charge in [0.2, 0.25) is 0 Å². The van der Waals surface area contributed by atoms with Gasteiger partial charge in [0.05, 0.1) is 0 Å². The first-order valence-electron chi connectivity index (χ1n) is 9.08. The summed E-state index contributed by atoms with van der Waals surface area (Å²) in [6.45, 7) is 7.47. The lowest BCUT2D eigenvalue weighted by Gasteiger charge is -2.16. The lowest BCUT2D eigenvalue weighted by Crippen LogP contribution is -1.99. The molecule has 1 atom stereocenters. The Bertz CT molecular complexity index is 887. The van der Waals surface area contributed by atoms with E-state index in [1.54, 1.807) is 0 Å². The van der Waals surface area contributed by atoms with Crippen LogP contribution in [0, 0.1) is 24.5 Å². The zero-order chi connectivity index (χ0) is 18.7. The van der Waals surface area contributed by atoms with Gasteiger partial charge in [-0.05, 0) is 66.5 Å². The summed E-state index contributed by atoms with van der Waals surface area (Å²) in [5.41, 5.74) is 4.73. The van der Waals surface area contributed by atoms with Crippen molar-refractivity contribution in [2.75, 3.05) is 0 Å². The summed E-state index contributed by atoms with van der Waals surface area (Å²) in [6.07, 6.45) is 11.1. The van der Waals surface area contributed by atoms with Crippen LogP contribution in [-0.4, -0.2) is 0 Å². The number of aryl methyl sites for hydroxylation is 1. The van der Waals surface area contributed by atoms with Crippen molar-refractivity contribution in [3.05, 3.63) is 89.5 Å².